The van der Waals surface area contributed by atoms with E-state index in [0.717, 1.165) is 0 Å². The van der Waals surface area contributed by atoms with Gasteiger partial charge in [0.25, 0.3) is 0 Å². The zero-order valence-electron chi connectivity index (χ0n) is 6.41. The van der Waals surface area contributed by atoms with Crippen molar-refractivity contribution in [3.8, 4) is 0 Å². The molecule has 1 N–H and O–H groups in total. The highest BCUT2D eigenvalue weighted by Gasteiger charge is 2.26. The second-order valence-corrected chi connectivity index (χ2v) is 2.95. The summed E-state index contributed by atoms with van der Waals surface area (Å²) in [5.74, 6) is 0.545. The molecule has 3 nitrogen and oxygen atoms in total. The third kappa shape index (κ3) is 1.68. The summed E-state index contributed by atoms with van der Waals surface area (Å²) >= 11 is 0. The molecule has 1 aliphatic heterocycles. The highest BCUT2D eigenvalue weighted by Crippen LogP contribution is 2.20. The molecule has 1 aliphatic rings. The SMILES string of the molecule is CC(C)C1COCOC1O. The minimum absolute atomic E-state index is 0.133. The predicted molar refractivity (Wildman–Crippen MR) is 36.2 cm³/mol. The molecule has 0 aromatic heterocycles. The molecule has 0 aliphatic carbocycles. The number of aliphatic hydroxyl groups excluding tert-OH is 1. The van der Waals surface area contributed by atoms with Crippen molar-refractivity contribution in [2.75, 3.05) is 13.4 Å². The van der Waals surface area contributed by atoms with Crippen LogP contribution in [0.5, 0.6) is 0 Å². The van der Waals surface area contributed by atoms with Gasteiger partial charge in [0, 0.05) is 5.92 Å². The van der Waals surface area contributed by atoms with Crippen LogP contribution in [-0.2, 0) is 9.47 Å². The van der Waals surface area contributed by atoms with Crippen molar-refractivity contribution >= 4 is 0 Å². The fourth-order valence-electron chi connectivity index (χ4n) is 1.03. The maximum atomic E-state index is 9.24. The Morgan fingerprint density at radius 3 is 2.60 bits per heavy atom. The first-order valence-corrected chi connectivity index (χ1v) is 3.59. The standard InChI is InChI=1S/C7H14O3/c1-5(2)6-3-9-4-10-7(6)8/h5-8H,3-4H2,1-2H3. The Bertz CT molecular complexity index is 103. The summed E-state index contributed by atoms with van der Waals surface area (Å²) in [6, 6.07) is 0. The molecule has 60 valence electrons. The second kappa shape index (κ2) is 3.32. The maximum absolute atomic E-state index is 9.24. The molecule has 0 saturated carbocycles. The average Bonchev–Trinajstić information content (AvgIpc) is 1.88. The van der Waals surface area contributed by atoms with Gasteiger partial charge in [-0.3, -0.25) is 0 Å². The van der Waals surface area contributed by atoms with Gasteiger partial charge < -0.3 is 14.6 Å². The molecule has 1 fully saturated rings. The molecule has 0 aromatic rings. The molecule has 2 atom stereocenters. The van der Waals surface area contributed by atoms with Crippen LogP contribution in [0.3, 0.4) is 0 Å². The van der Waals surface area contributed by atoms with Crippen molar-refractivity contribution in [2.45, 2.75) is 20.1 Å². The van der Waals surface area contributed by atoms with Gasteiger partial charge in [-0.15, -0.1) is 0 Å². The van der Waals surface area contributed by atoms with E-state index in [1.54, 1.807) is 0 Å². The molecule has 0 spiro atoms. The van der Waals surface area contributed by atoms with E-state index in [1.807, 2.05) is 13.8 Å². The van der Waals surface area contributed by atoms with Crippen LogP contribution in [0.25, 0.3) is 0 Å². The van der Waals surface area contributed by atoms with Crippen LogP contribution in [0.1, 0.15) is 13.8 Å². The first kappa shape index (κ1) is 7.98. The third-order valence-corrected chi connectivity index (χ3v) is 1.86. The lowest BCUT2D eigenvalue weighted by molar-refractivity contribution is -0.252. The Balaban J connectivity index is 2.40. The van der Waals surface area contributed by atoms with Crippen molar-refractivity contribution in [1.29, 1.82) is 0 Å². The van der Waals surface area contributed by atoms with E-state index in [0.29, 0.717) is 12.5 Å². The van der Waals surface area contributed by atoms with Crippen LogP contribution in [0.4, 0.5) is 0 Å². The predicted octanol–water partition coefficient (Wildman–Crippen LogP) is 0.581. The molecular formula is C7H14O3. The summed E-state index contributed by atoms with van der Waals surface area (Å²) in [6.45, 7) is 4.93. The molecule has 0 aromatic carbocycles. The number of aliphatic hydroxyl groups is 1. The summed E-state index contributed by atoms with van der Waals surface area (Å²) < 4.78 is 9.92. The summed E-state index contributed by atoms with van der Waals surface area (Å²) in [5, 5.41) is 9.24. The van der Waals surface area contributed by atoms with E-state index < -0.39 is 6.29 Å². The Morgan fingerprint density at radius 2 is 2.20 bits per heavy atom. The third-order valence-electron chi connectivity index (χ3n) is 1.86. The van der Waals surface area contributed by atoms with E-state index in [2.05, 4.69) is 0 Å². The number of hydrogen-bond donors (Lipinski definition) is 1. The highest BCUT2D eigenvalue weighted by atomic mass is 16.7. The van der Waals surface area contributed by atoms with Crippen LogP contribution < -0.4 is 0 Å². The lowest BCUT2D eigenvalue weighted by Crippen LogP contribution is -2.37. The lowest BCUT2D eigenvalue weighted by atomic mass is 9.96. The number of ether oxygens (including phenoxy) is 2. The molecule has 1 saturated heterocycles. The van der Waals surface area contributed by atoms with Gasteiger partial charge in [-0.2, -0.15) is 0 Å². The van der Waals surface area contributed by atoms with Gasteiger partial charge in [0.15, 0.2) is 6.29 Å². The Hall–Kier alpha value is -0.120. The van der Waals surface area contributed by atoms with E-state index in [-0.39, 0.29) is 12.7 Å². The molecule has 0 amide bonds. The van der Waals surface area contributed by atoms with E-state index >= 15 is 0 Å². The quantitative estimate of drug-likeness (QED) is 0.588. The van der Waals surface area contributed by atoms with Gasteiger partial charge in [-0.25, -0.2) is 0 Å². The molecule has 2 unspecified atom stereocenters. The van der Waals surface area contributed by atoms with Crippen molar-refractivity contribution in [3.05, 3.63) is 0 Å². The Morgan fingerprint density at radius 1 is 1.50 bits per heavy atom. The minimum Gasteiger partial charge on any atom is -0.368 e. The first-order valence-electron chi connectivity index (χ1n) is 3.59. The van der Waals surface area contributed by atoms with E-state index in [4.69, 9.17) is 9.47 Å². The zero-order valence-corrected chi connectivity index (χ0v) is 6.41. The fraction of sp³-hybridized carbons (Fsp3) is 1.00. The van der Waals surface area contributed by atoms with Crippen LogP contribution in [0, 0.1) is 11.8 Å². The van der Waals surface area contributed by atoms with Crippen molar-refractivity contribution in [3.63, 3.8) is 0 Å². The van der Waals surface area contributed by atoms with Gasteiger partial charge in [-0.05, 0) is 5.92 Å². The largest absolute Gasteiger partial charge is 0.368 e. The second-order valence-electron chi connectivity index (χ2n) is 2.95. The number of hydrogen-bond acceptors (Lipinski definition) is 3. The van der Waals surface area contributed by atoms with Crippen LogP contribution in [0.15, 0.2) is 0 Å². The van der Waals surface area contributed by atoms with Gasteiger partial charge in [0.05, 0.1) is 6.61 Å². The first-order chi connectivity index (χ1) is 4.72. The molecule has 0 radical (unpaired) electrons. The van der Waals surface area contributed by atoms with E-state index in [9.17, 15) is 5.11 Å². The summed E-state index contributed by atoms with van der Waals surface area (Å²) in [6.07, 6.45) is -0.631. The normalized spacial score (nSPS) is 34.8. The van der Waals surface area contributed by atoms with E-state index in [1.165, 1.54) is 0 Å². The zero-order chi connectivity index (χ0) is 7.56. The van der Waals surface area contributed by atoms with Gasteiger partial charge >= 0.3 is 0 Å². The summed E-state index contributed by atoms with van der Waals surface area (Å²) in [4.78, 5) is 0. The van der Waals surface area contributed by atoms with Crippen molar-refractivity contribution in [1.82, 2.24) is 0 Å². The average molecular weight is 146 g/mol. The van der Waals surface area contributed by atoms with Crippen LogP contribution in [-0.4, -0.2) is 24.8 Å². The topological polar surface area (TPSA) is 38.7 Å². The summed E-state index contributed by atoms with van der Waals surface area (Å²) in [7, 11) is 0. The van der Waals surface area contributed by atoms with Crippen molar-refractivity contribution in [2.24, 2.45) is 11.8 Å². The van der Waals surface area contributed by atoms with Crippen LogP contribution in [0.2, 0.25) is 0 Å². The smallest absolute Gasteiger partial charge is 0.162 e. The van der Waals surface area contributed by atoms with Crippen molar-refractivity contribution < 1.29 is 14.6 Å². The van der Waals surface area contributed by atoms with Gasteiger partial charge in [0.1, 0.15) is 6.79 Å². The van der Waals surface area contributed by atoms with Crippen LogP contribution >= 0.6 is 0 Å². The van der Waals surface area contributed by atoms with Gasteiger partial charge in [0.2, 0.25) is 0 Å². The summed E-state index contributed by atoms with van der Waals surface area (Å²) in [5.41, 5.74) is 0. The lowest BCUT2D eigenvalue weighted by Gasteiger charge is -2.30. The highest BCUT2D eigenvalue weighted by molar-refractivity contribution is 4.66. The number of rotatable bonds is 1. The minimum atomic E-state index is -0.631. The van der Waals surface area contributed by atoms with Gasteiger partial charge in [-0.1, -0.05) is 13.8 Å². The molecule has 1 rings (SSSR count). The molecular weight excluding hydrogens is 132 g/mol. The molecule has 3 heteroatoms. The molecule has 1 heterocycles. The Labute approximate surface area is 60.9 Å². The molecule has 0 bridgehead atoms. The maximum Gasteiger partial charge on any atom is 0.162 e. The fourth-order valence-corrected chi connectivity index (χ4v) is 1.03. The Kier molecular flexibility index (Phi) is 2.65. The monoisotopic (exact) mass is 146 g/mol. The molecule has 10 heavy (non-hydrogen) atoms.